The van der Waals surface area contributed by atoms with Gasteiger partial charge in [0.15, 0.2) is 11.6 Å². The first-order chi connectivity index (χ1) is 20.7. The SMILES string of the molecule is COc1cc(F)c([C@@H]2CN(c3nc(C4CCOCC4)ccc3F)C(=O)C2C=NC(=O)c2ccc(OC(F)F)cc2)c(F)c1. The number of carbonyl (C=O) groups excluding carboxylic acids is 2. The summed E-state index contributed by atoms with van der Waals surface area (Å²) in [5.41, 5.74) is 0.0721. The van der Waals surface area contributed by atoms with Gasteiger partial charge in [0, 0.05) is 66.8 Å². The van der Waals surface area contributed by atoms with E-state index in [-0.39, 0.29) is 35.3 Å². The van der Waals surface area contributed by atoms with Crippen LogP contribution in [0.2, 0.25) is 0 Å². The molecule has 13 heteroatoms. The largest absolute Gasteiger partial charge is 0.497 e. The number of benzene rings is 2. The van der Waals surface area contributed by atoms with Gasteiger partial charge in [-0.2, -0.15) is 8.78 Å². The van der Waals surface area contributed by atoms with Gasteiger partial charge in [0.2, 0.25) is 5.91 Å². The summed E-state index contributed by atoms with van der Waals surface area (Å²) in [5.74, 6) is -7.62. The van der Waals surface area contributed by atoms with Crippen molar-refractivity contribution in [3.63, 3.8) is 0 Å². The second kappa shape index (κ2) is 12.9. The monoisotopic (exact) mass is 603 g/mol. The van der Waals surface area contributed by atoms with Gasteiger partial charge in [-0.1, -0.05) is 0 Å². The van der Waals surface area contributed by atoms with Gasteiger partial charge in [-0.05, 0) is 49.2 Å². The van der Waals surface area contributed by atoms with Crippen LogP contribution in [0.25, 0.3) is 0 Å². The minimum absolute atomic E-state index is 0.0181. The minimum atomic E-state index is -3.05. The van der Waals surface area contributed by atoms with Gasteiger partial charge in [0.25, 0.3) is 5.91 Å². The lowest BCUT2D eigenvalue weighted by molar-refractivity contribution is -0.118. The van der Waals surface area contributed by atoms with Crippen molar-refractivity contribution in [2.45, 2.75) is 31.3 Å². The number of amides is 2. The number of pyridine rings is 1. The molecule has 3 heterocycles. The summed E-state index contributed by atoms with van der Waals surface area (Å²) in [6.45, 7) is -2.39. The molecule has 1 unspecified atom stereocenters. The van der Waals surface area contributed by atoms with Gasteiger partial charge in [0.1, 0.15) is 23.1 Å². The van der Waals surface area contributed by atoms with E-state index in [2.05, 4.69) is 14.7 Å². The Morgan fingerprint density at radius 3 is 2.33 bits per heavy atom. The van der Waals surface area contributed by atoms with Gasteiger partial charge >= 0.3 is 6.61 Å². The molecule has 0 radical (unpaired) electrons. The van der Waals surface area contributed by atoms with Crippen molar-refractivity contribution in [1.29, 1.82) is 0 Å². The minimum Gasteiger partial charge on any atom is -0.497 e. The molecule has 2 fully saturated rings. The van der Waals surface area contributed by atoms with Crippen molar-refractivity contribution in [3.8, 4) is 11.5 Å². The molecule has 0 bridgehead atoms. The lowest BCUT2D eigenvalue weighted by Crippen LogP contribution is -2.30. The standard InChI is InChI=1S/C30H26F5N3O5/c1-41-19-12-23(32)26(24(33)13-19)21-15-38(27-22(31)6-7-25(37-27)16-8-10-42-11-9-16)29(40)20(21)14-36-28(39)17-2-4-18(5-3-17)43-30(34)35/h2-7,12-14,16,20-21,30H,8-11,15H2,1H3/t20?,21-/m1/s1. The molecule has 226 valence electrons. The van der Waals surface area contributed by atoms with E-state index in [0.717, 1.165) is 35.4 Å². The Morgan fingerprint density at radius 2 is 1.70 bits per heavy atom. The van der Waals surface area contributed by atoms with Crippen LogP contribution in [0.1, 0.15) is 46.3 Å². The van der Waals surface area contributed by atoms with Gasteiger partial charge in [-0.15, -0.1) is 0 Å². The molecule has 2 saturated heterocycles. The maximum atomic E-state index is 15.2. The number of anilines is 1. The fraction of sp³-hybridized carbons (Fsp3) is 0.333. The molecule has 2 atom stereocenters. The molecule has 2 aliphatic rings. The first-order valence-corrected chi connectivity index (χ1v) is 13.4. The molecule has 0 spiro atoms. The fourth-order valence-electron chi connectivity index (χ4n) is 5.27. The van der Waals surface area contributed by atoms with Crippen molar-refractivity contribution < 1.29 is 45.8 Å². The Bertz CT molecular complexity index is 1510. The van der Waals surface area contributed by atoms with Gasteiger partial charge in [-0.3, -0.25) is 14.5 Å². The Labute approximate surface area is 243 Å². The van der Waals surface area contributed by atoms with Crippen molar-refractivity contribution >= 4 is 23.8 Å². The number of aromatic nitrogens is 1. The highest BCUT2D eigenvalue weighted by atomic mass is 19.3. The maximum Gasteiger partial charge on any atom is 0.387 e. The van der Waals surface area contributed by atoms with E-state index in [1.165, 1.54) is 31.4 Å². The molecule has 2 amide bonds. The highest BCUT2D eigenvalue weighted by molar-refractivity contribution is 6.09. The third-order valence-electron chi connectivity index (χ3n) is 7.45. The highest BCUT2D eigenvalue weighted by Crippen LogP contribution is 2.40. The lowest BCUT2D eigenvalue weighted by atomic mass is 9.88. The number of carbonyl (C=O) groups is 2. The number of nitrogens with zero attached hydrogens (tertiary/aromatic N) is 3. The molecule has 0 saturated carbocycles. The van der Waals surface area contributed by atoms with Crippen LogP contribution in [0.15, 0.2) is 53.5 Å². The summed E-state index contributed by atoms with van der Waals surface area (Å²) in [7, 11) is 1.24. The number of hydrogen-bond donors (Lipinski definition) is 0. The molecule has 0 aliphatic carbocycles. The van der Waals surface area contributed by atoms with Crippen LogP contribution in [-0.2, 0) is 9.53 Å². The van der Waals surface area contributed by atoms with Crippen molar-refractivity contribution in [2.24, 2.45) is 10.9 Å². The molecular formula is C30H26F5N3O5. The third-order valence-corrected chi connectivity index (χ3v) is 7.45. The van der Waals surface area contributed by atoms with E-state index in [9.17, 15) is 18.4 Å². The molecule has 3 aromatic rings. The smallest absolute Gasteiger partial charge is 0.387 e. The number of hydrogen-bond acceptors (Lipinski definition) is 6. The third kappa shape index (κ3) is 6.51. The number of methoxy groups -OCH3 is 1. The summed E-state index contributed by atoms with van der Waals surface area (Å²) < 4.78 is 85.0. The zero-order valence-corrected chi connectivity index (χ0v) is 22.8. The number of ether oxygens (including phenoxy) is 3. The zero-order chi connectivity index (χ0) is 30.7. The normalized spacial score (nSPS) is 19.4. The summed E-state index contributed by atoms with van der Waals surface area (Å²) in [6, 6.07) is 9.31. The Kier molecular flexibility index (Phi) is 9.00. The van der Waals surface area contributed by atoms with Crippen LogP contribution in [0.4, 0.5) is 27.8 Å². The van der Waals surface area contributed by atoms with E-state index in [1.54, 1.807) is 0 Å². The Balaban J connectivity index is 1.49. The quantitative estimate of drug-likeness (QED) is 0.244. The first kappa shape index (κ1) is 30.1. The summed E-state index contributed by atoms with van der Waals surface area (Å²) in [6.07, 6.45) is 2.27. The van der Waals surface area contributed by atoms with Gasteiger partial charge < -0.3 is 14.2 Å². The number of rotatable bonds is 8. The van der Waals surface area contributed by atoms with Crippen LogP contribution < -0.4 is 14.4 Å². The van der Waals surface area contributed by atoms with Gasteiger partial charge in [-0.25, -0.2) is 23.1 Å². The molecule has 2 aliphatic heterocycles. The molecule has 8 nitrogen and oxygen atoms in total. The van der Waals surface area contributed by atoms with Crippen molar-refractivity contribution in [1.82, 2.24) is 4.98 Å². The molecule has 0 N–H and O–H groups in total. The fourth-order valence-corrected chi connectivity index (χ4v) is 5.27. The Hall–Kier alpha value is -4.39. The predicted octanol–water partition coefficient (Wildman–Crippen LogP) is 5.66. The lowest BCUT2D eigenvalue weighted by Gasteiger charge is -2.23. The van der Waals surface area contributed by atoms with Crippen molar-refractivity contribution in [2.75, 3.05) is 31.8 Å². The molecular weight excluding hydrogens is 577 g/mol. The maximum absolute atomic E-state index is 15.2. The summed E-state index contributed by atoms with van der Waals surface area (Å²) >= 11 is 0. The van der Waals surface area contributed by atoms with Crippen molar-refractivity contribution in [3.05, 3.63) is 82.8 Å². The average Bonchev–Trinajstić information content (AvgIpc) is 3.31. The van der Waals surface area contributed by atoms with E-state index < -0.39 is 53.3 Å². The van der Waals surface area contributed by atoms with E-state index in [4.69, 9.17) is 9.47 Å². The van der Waals surface area contributed by atoms with Crippen LogP contribution in [0.3, 0.4) is 0 Å². The summed E-state index contributed by atoms with van der Waals surface area (Å²) in [5, 5.41) is 0. The Morgan fingerprint density at radius 1 is 1.02 bits per heavy atom. The second-order valence-corrected chi connectivity index (χ2v) is 10.0. The number of halogens is 5. The van der Waals surface area contributed by atoms with Crippen LogP contribution in [0.5, 0.6) is 11.5 Å². The van der Waals surface area contributed by atoms with E-state index >= 15 is 13.2 Å². The molecule has 1 aromatic heterocycles. The van der Waals surface area contributed by atoms with E-state index in [1.807, 2.05) is 0 Å². The first-order valence-electron chi connectivity index (χ1n) is 13.4. The molecule has 43 heavy (non-hydrogen) atoms. The average molecular weight is 604 g/mol. The molecule has 5 rings (SSSR count). The van der Waals surface area contributed by atoms with Crippen LogP contribution in [-0.4, -0.2) is 56.5 Å². The van der Waals surface area contributed by atoms with Crippen LogP contribution >= 0.6 is 0 Å². The number of alkyl halides is 2. The topological polar surface area (TPSA) is 90.3 Å². The summed E-state index contributed by atoms with van der Waals surface area (Å²) in [4.78, 5) is 35.7. The zero-order valence-electron chi connectivity index (χ0n) is 22.8. The predicted molar refractivity (Wildman–Crippen MR) is 144 cm³/mol. The molecule has 2 aromatic carbocycles. The van der Waals surface area contributed by atoms with Gasteiger partial charge in [0.05, 0.1) is 13.0 Å². The van der Waals surface area contributed by atoms with Crippen LogP contribution in [0, 0.1) is 23.4 Å². The highest BCUT2D eigenvalue weighted by Gasteiger charge is 2.45. The van der Waals surface area contributed by atoms with E-state index in [0.29, 0.717) is 31.7 Å². The second-order valence-electron chi connectivity index (χ2n) is 10.0. The number of aliphatic imine (C=N–C) groups is 1.